The second kappa shape index (κ2) is 3.76. The fraction of sp³-hybridized carbons (Fsp3) is 0.500. The first-order chi connectivity index (χ1) is 7.53. The molecule has 1 aromatic heterocycles. The molecule has 2 rings (SSSR count). The fourth-order valence-corrected chi connectivity index (χ4v) is 2.05. The van der Waals surface area contributed by atoms with Gasteiger partial charge in [0.1, 0.15) is 11.9 Å². The lowest BCUT2D eigenvalue weighted by atomic mass is 10.1. The minimum Gasteiger partial charge on any atom is -0.388 e. The number of hydrogen-bond donors (Lipinski definition) is 1. The number of hydrogen-bond acceptors (Lipinski definition) is 4. The van der Waals surface area contributed by atoms with Gasteiger partial charge in [0.2, 0.25) is 0 Å². The number of rotatable bonds is 1. The van der Waals surface area contributed by atoms with Crippen molar-refractivity contribution < 1.29 is 5.11 Å². The number of aromatic nitrogens is 1. The summed E-state index contributed by atoms with van der Waals surface area (Å²) in [4.78, 5) is 6.23. The maximum atomic E-state index is 9.91. The number of β-amino-alcohol motifs (C(OH)–C–C–N with tert-alkyl or cyclic N) is 1. The first-order valence-electron chi connectivity index (χ1n) is 5.36. The molecular weight excluding hydrogens is 202 g/mol. The van der Waals surface area contributed by atoms with Crippen molar-refractivity contribution in [2.75, 3.05) is 18.0 Å². The quantitative estimate of drug-likeness (QED) is 0.768. The summed E-state index contributed by atoms with van der Waals surface area (Å²) in [5.74, 6) is 0.695. The molecule has 4 heteroatoms. The molecule has 1 unspecified atom stereocenters. The second-order valence-electron chi connectivity index (χ2n) is 4.61. The number of aryl methyl sites for hydroxylation is 1. The smallest absolute Gasteiger partial charge is 0.146 e. The van der Waals surface area contributed by atoms with E-state index in [1.807, 2.05) is 24.8 Å². The molecule has 0 aliphatic carbocycles. The van der Waals surface area contributed by atoms with Gasteiger partial charge in [0.25, 0.3) is 0 Å². The van der Waals surface area contributed by atoms with Crippen LogP contribution in [0.25, 0.3) is 0 Å². The van der Waals surface area contributed by atoms with Gasteiger partial charge < -0.3 is 10.0 Å². The van der Waals surface area contributed by atoms with Gasteiger partial charge in [-0.2, -0.15) is 5.26 Å². The van der Waals surface area contributed by atoms with Crippen molar-refractivity contribution in [1.29, 1.82) is 5.26 Å². The summed E-state index contributed by atoms with van der Waals surface area (Å²) < 4.78 is 0. The summed E-state index contributed by atoms with van der Waals surface area (Å²) in [5, 5.41) is 19.0. The monoisotopic (exact) mass is 217 g/mol. The highest BCUT2D eigenvalue weighted by atomic mass is 16.3. The molecule has 1 fully saturated rings. The molecule has 1 N–H and O–H groups in total. The largest absolute Gasteiger partial charge is 0.388 e. The Kier molecular flexibility index (Phi) is 2.56. The van der Waals surface area contributed by atoms with Gasteiger partial charge in [0.15, 0.2) is 0 Å². The van der Waals surface area contributed by atoms with Crippen LogP contribution in [-0.2, 0) is 0 Å². The third-order valence-electron chi connectivity index (χ3n) is 3.00. The van der Waals surface area contributed by atoms with E-state index in [4.69, 9.17) is 5.26 Å². The number of nitriles is 1. The molecule has 0 radical (unpaired) electrons. The summed E-state index contributed by atoms with van der Waals surface area (Å²) in [6.07, 6.45) is 2.42. The van der Waals surface area contributed by atoms with Crippen LogP contribution in [0.3, 0.4) is 0 Å². The molecule has 1 aliphatic rings. The van der Waals surface area contributed by atoms with Gasteiger partial charge in [0, 0.05) is 19.3 Å². The molecule has 1 saturated heterocycles. The zero-order chi connectivity index (χ0) is 11.8. The Bertz CT molecular complexity index is 448. The highest BCUT2D eigenvalue weighted by molar-refractivity contribution is 5.57. The standard InChI is InChI=1S/C12H15N3O/c1-9-3-5-14-11(10(9)7-13)15-6-4-12(2,16)8-15/h3,5,16H,4,6,8H2,1-2H3. The van der Waals surface area contributed by atoms with Crippen molar-refractivity contribution in [2.24, 2.45) is 0 Å². The Morgan fingerprint density at radius 3 is 2.94 bits per heavy atom. The van der Waals surface area contributed by atoms with Crippen LogP contribution in [0, 0.1) is 18.3 Å². The molecule has 0 saturated carbocycles. The van der Waals surface area contributed by atoms with Crippen LogP contribution < -0.4 is 4.90 Å². The van der Waals surface area contributed by atoms with Crippen LogP contribution in [0.15, 0.2) is 12.3 Å². The highest BCUT2D eigenvalue weighted by Gasteiger charge is 2.33. The minimum absolute atomic E-state index is 0.540. The zero-order valence-corrected chi connectivity index (χ0v) is 9.56. The van der Waals surface area contributed by atoms with Crippen molar-refractivity contribution in [3.05, 3.63) is 23.4 Å². The van der Waals surface area contributed by atoms with Crippen LogP contribution in [0.1, 0.15) is 24.5 Å². The maximum absolute atomic E-state index is 9.91. The molecule has 4 nitrogen and oxygen atoms in total. The van der Waals surface area contributed by atoms with Crippen LogP contribution >= 0.6 is 0 Å². The van der Waals surface area contributed by atoms with Crippen molar-refractivity contribution in [3.63, 3.8) is 0 Å². The van der Waals surface area contributed by atoms with E-state index in [0.717, 1.165) is 12.1 Å². The van der Waals surface area contributed by atoms with Crippen LogP contribution in [0.5, 0.6) is 0 Å². The Hall–Kier alpha value is -1.60. The predicted molar refractivity (Wildman–Crippen MR) is 61.1 cm³/mol. The van der Waals surface area contributed by atoms with Gasteiger partial charge in [-0.25, -0.2) is 4.98 Å². The summed E-state index contributed by atoms with van der Waals surface area (Å²) in [6, 6.07) is 4.01. The van der Waals surface area contributed by atoms with E-state index in [1.54, 1.807) is 6.20 Å². The molecule has 0 aromatic carbocycles. The van der Waals surface area contributed by atoms with E-state index in [9.17, 15) is 5.11 Å². The molecule has 2 heterocycles. The normalized spacial score (nSPS) is 24.5. The number of aliphatic hydroxyl groups is 1. The first-order valence-corrected chi connectivity index (χ1v) is 5.36. The second-order valence-corrected chi connectivity index (χ2v) is 4.61. The van der Waals surface area contributed by atoms with Gasteiger partial charge in [-0.1, -0.05) is 0 Å². The maximum Gasteiger partial charge on any atom is 0.146 e. The van der Waals surface area contributed by atoms with E-state index < -0.39 is 5.60 Å². The summed E-state index contributed by atoms with van der Waals surface area (Å²) >= 11 is 0. The Balaban J connectivity index is 2.36. The van der Waals surface area contributed by atoms with E-state index in [-0.39, 0.29) is 0 Å². The molecule has 1 aromatic rings. The van der Waals surface area contributed by atoms with Crippen molar-refractivity contribution >= 4 is 5.82 Å². The van der Waals surface area contributed by atoms with Crippen molar-refractivity contribution in [2.45, 2.75) is 25.9 Å². The van der Waals surface area contributed by atoms with E-state index in [1.165, 1.54) is 0 Å². The zero-order valence-electron chi connectivity index (χ0n) is 9.56. The van der Waals surface area contributed by atoms with E-state index >= 15 is 0 Å². The van der Waals surface area contributed by atoms with Gasteiger partial charge in [-0.3, -0.25) is 0 Å². The highest BCUT2D eigenvalue weighted by Crippen LogP contribution is 2.28. The van der Waals surface area contributed by atoms with Crippen molar-refractivity contribution in [3.8, 4) is 6.07 Å². The summed E-state index contributed by atoms with van der Waals surface area (Å²) in [5.41, 5.74) is 0.872. The molecule has 0 spiro atoms. The minimum atomic E-state index is -0.669. The van der Waals surface area contributed by atoms with Gasteiger partial charge in [-0.05, 0) is 31.9 Å². The SMILES string of the molecule is Cc1ccnc(N2CCC(C)(O)C2)c1C#N. The lowest BCUT2D eigenvalue weighted by Crippen LogP contribution is -2.30. The molecule has 84 valence electrons. The molecule has 1 atom stereocenters. The molecule has 16 heavy (non-hydrogen) atoms. The Morgan fingerprint density at radius 2 is 2.38 bits per heavy atom. The van der Waals surface area contributed by atoms with Crippen molar-refractivity contribution in [1.82, 2.24) is 4.98 Å². The number of nitrogens with zero attached hydrogens (tertiary/aromatic N) is 3. The summed E-state index contributed by atoms with van der Waals surface area (Å²) in [7, 11) is 0. The van der Waals surface area contributed by atoms with Crippen LogP contribution in [0.4, 0.5) is 5.82 Å². The molecule has 0 amide bonds. The van der Waals surface area contributed by atoms with Gasteiger partial charge >= 0.3 is 0 Å². The topological polar surface area (TPSA) is 60.1 Å². The lowest BCUT2D eigenvalue weighted by Gasteiger charge is -2.21. The van der Waals surface area contributed by atoms with E-state index in [2.05, 4.69) is 11.1 Å². The van der Waals surface area contributed by atoms with E-state index in [0.29, 0.717) is 24.3 Å². The fourth-order valence-electron chi connectivity index (χ4n) is 2.05. The third kappa shape index (κ3) is 1.86. The van der Waals surface area contributed by atoms with Gasteiger partial charge in [-0.15, -0.1) is 0 Å². The number of anilines is 1. The average molecular weight is 217 g/mol. The predicted octanol–water partition coefficient (Wildman–Crippen LogP) is 1.22. The summed E-state index contributed by atoms with van der Waals surface area (Å²) in [6.45, 7) is 5.00. The molecular formula is C12H15N3O. The first kappa shape index (κ1) is 10.9. The Labute approximate surface area is 95.1 Å². The van der Waals surface area contributed by atoms with Crippen LogP contribution in [0.2, 0.25) is 0 Å². The lowest BCUT2D eigenvalue weighted by molar-refractivity contribution is 0.0839. The molecule has 1 aliphatic heterocycles. The average Bonchev–Trinajstić information content (AvgIpc) is 2.58. The van der Waals surface area contributed by atoms with Gasteiger partial charge in [0.05, 0.1) is 11.2 Å². The number of pyridine rings is 1. The Morgan fingerprint density at radius 1 is 1.62 bits per heavy atom. The third-order valence-corrected chi connectivity index (χ3v) is 3.00. The van der Waals surface area contributed by atoms with Crippen LogP contribution in [-0.4, -0.2) is 28.8 Å². The molecule has 0 bridgehead atoms.